The minimum Gasteiger partial charge on any atom is -0.494 e. The fraction of sp³-hybridized carbons (Fsp3) is 0.158. The normalized spacial score (nSPS) is 14.4. The molecule has 4 nitrogen and oxygen atoms in total. The van der Waals surface area contributed by atoms with Gasteiger partial charge in [-0.25, -0.2) is 4.90 Å². The Morgan fingerprint density at radius 3 is 2.16 bits per heavy atom. The van der Waals surface area contributed by atoms with Crippen molar-refractivity contribution in [3.63, 3.8) is 0 Å². The molecule has 1 heterocycles. The van der Waals surface area contributed by atoms with Gasteiger partial charge in [0, 0.05) is 5.02 Å². The zero-order valence-corrected chi connectivity index (χ0v) is 15.0. The number of hydrogen-bond acceptors (Lipinski definition) is 3. The molecule has 0 N–H and O–H groups in total. The summed E-state index contributed by atoms with van der Waals surface area (Å²) in [6, 6.07) is 13.4. The highest BCUT2D eigenvalue weighted by atomic mass is 35.5. The molecule has 2 aromatic rings. The van der Waals surface area contributed by atoms with Gasteiger partial charge in [0.1, 0.15) is 10.8 Å². The molecule has 0 atom stereocenters. The average molecular weight is 376 g/mol. The number of imide groups is 1. The van der Waals surface area contributed by atoms with Crippen LogP contribution in [0.4, 0.5) is 5.69 Å². The molecular formula is C19H15Cl2NO3. The van der Waals surface area contributed by atoms with Crippen LogP contribution in [0.25, 0.3) is 5.57 Å². The van der Waals surface area contributed by atoms with E-state index in [-0.39, 0.29) is 10.6 Å². The molecule has 2 aromatic carbocycles. The summed E-state index contributed by atoms with van der Waals surface area (Å²) in [4.78, 5) is 26.3. The summed E-state index contributed by atoms with van der Waals surface area (Å²) in [7, 11) is 0. The van der Waals surface area contributed by atoms with Gasteiger partial charge in [0.05, 0.1) is 17.9 Å². The number of ether oxygens (including phenoxy) is 1. The van der Waals surface area contributed by atoms with E-state index < -0.39 is 11.8 Å². The summed E-state index contributed by atoms with van der Waals surface area (Å²) in [5.41, 5.74) is 1.18. The number of anilines is 1. The number of halogens is 2. The van der Waals surface area contributed by atoms with E-state index in [2.05, 4.69) is 0 Å². The van der Waals surface area contributed by atoms with Crippen LogP contribution in [0.15, 0.2) is 53.6 Å². The van der Waals surface area contributed by atoms with Crippen molar-refractivity contribution >= 4 is 46.3 Å². The second-order valence-electron chi connectivity index (χ2n) is 5.48. The van der Waals surface area contributed by atoms with Crippen LogP contribution < -0.4 is 9.64 Å². The average Bonchev–Trinajstić information content (AvgIpc) is 2.84. The molecule has 0 spiro atoms. The van der Waals surface area contributed by atoms with E-state index in [0.29, 0.717) is 28.6 Å². The minimum atomic E-state index is -0.546. The molecule has 1 aliphatic rings. The molecule has 6 heteroatoms. The third-order valence-electron chi connectivity index (χ3n) is 3.73. The Bertz CT molecular complexity index is 842. The lowest BCUT2D eigenvalue weighted by atomic mass is 10.1. The van der Waals surface area contributed by atoms with E-state index in [9.17, 15) is 9.59 Å². The van der Waals surface area contributed by atoms with Crippen LogP contribution in [0.2, 0.25) is 5.02 Å². The van der Waals surface area contributed by atoms with Gasteiger partial charge in [-0.05, 0) is 48.4 Å². The van der Waals surface area contributed by atoms with E-state index in [1.807, 2.05) is 6.92 Å². The van der Waals surface area contributed by atoms with Crippen LogP contribution in [0, 0.1) is 0 Å². The number of rotatable bonds is 5. The Balaban J connectivity index is 1.90. The molecular weight excluding hydrogens is 361 g/mol. The maximum atomic E-state index is 12.8. The molecule has 0 aromatic heterocycles. The Morgan fingerprint density at radius 1 is 0.920 bits per heavy atom. The Kier molecular flexibility index (Phi) is 5.11. The van der Waals surface area contributed by atoms with Crippen molar-refractivity contribution < 1.29 is 14.3 Å². The van der Waals surface area contributed by atoms with Gasteiger partial charge in [-0.15, -0.1) is 0 Å². The minimum absolute atomic E-state index is 0.0952. The van der Waals surface area contributed by atoms with Gasteiger partial charge >= 0.3 is 0 Å². The van der Waals surface area contributed by atoms with Crippen LogP contribution in [0.5, 0.6) is 5.75 Å². The number of amides is 2. The largest absolute Gasteiger partial charge is 0.494 e. The van der Waals surface area contributed by atoms with E-state index >= 15 is 0 Å². The third kappa shape index (κ3) is 3.41. The lowest BCUT2D eigenvalue weighted by Gasteiger charge is -2.15. The first-order valence-electron chi connectivity index (χ1n) is 7.80. The molecule has 128 valence electrons. The SMILES string of the molecule is CCCOc1ccc(C2=C(Cl)C(=O)N(c3ccc(Cl)cc3)C2=O)cc1. The lowest BCUT2D eigenvalue weighted by molar-refractivity contribution is -0.119. The highest BCUT2D eigenvalue weighted by Crippen LogP contribution is 2.35. The van der Waals surface area contributed by atoms with Crippen molar-refractivity contribution in [1.29, 1.82) is 0 Å². The molecule has 0 saturated heterocycles. The highest BCUT2D eigenvalue weighted by Gasteiger charge is 2.39. The topological polar surface area (TPSA) is 46.6 Å². The first kappa shape index (κ1) is 17.5. The van der Waals surface area contributed by atoms with Crippen molar-refractivity contribution in [2.45, 2.75) is 13.3 Å². The lowest BCUT2D eigenvalue weighted by Crippen LogP contribution is -2.31. The van der Waals surface area contributed by atoms with Crippen LogP contribution in [0.1, 0.15) is 18.9 Å². The summed E-state index contributed by atoms with van der Waals surface area (Å²) in [5, 5.41) is 0.423. The summed E-state index contributed by atoms with van der Waals surface area (Å²) >= 11 is 12.0. The summed E-state index contributed by atoms with van der Waals surface area (Å²) in [5.74, 6) is -0.302. The van der Waals surface area contributed by atoms with Crippen LogP contribution in [-0.2, 0) is 9.59 Å². The summed E-state index contributed by atoms with van der Waals surface area (Å²) in [6.45, 7) is 2.64. The van der Waals surface area contributed by atoms with E-state index in [1.165, 1.54) is 0 Å². The first-order chi connectivity index (χ1) is 12.0. The summed E-state index contributed by atoms with van der Waals surface area (Å²) in [6.07, 6.45) is 0.905. The van der Waals surface area contributed by atoms with Gasteiger partial charge < -0.3 is 4.74 Å². The Morgan fingerprint density at radius 2 is 1.56 bits per heavy atom. The smallest absolute Gasteiger partial charge is 0.277 e. The van der Waals surface area contributed by atoms with Crippen molar-refractivity contribution in [3.05, 3.63) is 64.1 Å². The van der Waals surface area contributed by atoms with Gasteiger partial charge in [0.2, 0.25) is 0 Å². The Hall–Kier alpha value is -2.30. The van der Waals surface area contributed by atoms with Gasteiger partial charge in [0.15, 0.2) is 0 Å². The number of carbonyl (C=O) groups excluding carboxylic acids is 2. The molecule has 0 unspecified atom stereocenters. The maximum absolute atomic E-state index is 12.8. The first-order valence-corrected chi connectivity index (χ1v) is 8.56. The van der Waals surface area contributed by atoms with E-state index in [1.54, 1.807) is 48.5 Å². The fourth-order valence-corrected chi connectivity index (χ4v) is 2.92. The van der Waals surface area contributed by atoms with Crippen LogP contribution in [-0.4, -0.2) is 18.4 Å². The zero-order chi connectivity index (χ0) is 18.0. The molecule has 0 fully saturated rings. The molecule has 0 aliphatic carbocycles. The van der Waals surface area contributed by atoms with Gasteiger partial charge in [0.25, 0.3) is 11.8 Å². The van der Waals surface area contributed by atoms with Crippen LogP contribution in [0.3, 0.4) is 0 Å². The monoisotopic (exact) mass is 375 g/mol. The molecule has 1 aliphatic heterocycles. The molecule has 25 heavy (non-hydrogen) atoms. The highest BCUT2D eigenvalue weighted by molar-refractivity contribution is 6.60. The molecule has 0 bridgehead atoms. The predicted molar refractivity (Wildman–Crippen MR) is 98.9 cm³/mol. The van der Waals surface area contributed by atoms with Gasteiger partial charge in [-0.2, -0.15) is 0 Å². The van der Waals surface area contributed by atoms with Crippen LogP contribution >= 0.6 is 23.2 Å². The van der Waals surface area contributed by atoms with E-state index in [0.717, 1.165) is 11.3 Å². The molecule has 0 saturated carbocycles. The maximum Gasteiger partial charge on any atom is 0.277 e. The zero-order valence-electron chi connectivity index (χ0n) is 13.5. The number of benzene rings is 2. The van der Waals surface area contributed by atoms with Crippen molar-refractivity contribution in [1.82, 2.24) is 0 Å². The molecule has 3 rings (SSSR count). The van der Waals surface area contributed by atoms with Crippen molar-refractivity contribution in [3.8, 4) is 5.75 Å². The van der Waals surface area contributed by atoms with Gasteiger partial charge in [-0.3, -0.25) is 9.59 Å². The number of nitrogens with zero attached hydrogens (tertiary/aromatic N) is 1. The van der Waals surface area contributed by atoms with Gasteiger partial charge in [-0.1, -0.05) is 42.3 Å². The quantitative estimate of drug-likeness (QED) is 0.714. The fourth-order valence-electron chi connectivity index (χ4n) is 2.52. The second-order valence-corrected chi connectivity index (χ2v) is 6.30. The predicted octanol–water partition coefficient (Wildman–Crippen LogP) is 4.65. The summed E-state index contributed by atoms with van der Waals surface area (Å²) < 4.78 is 5.53. The Labute approximate surface area is 155 Å². The molecule has 0 radical (unpaired) electrons. The van der Waals surface area contributed by atoms with Crippen molar-refractivity contribution in [2.24, 2.45) is 0 Å². The standard InChI is InChI=1S/C19H15Cl2NO3/c1-2-11-25-15-9-3-12(4-10-15)16-17(21)19(24)22(18(16)23)14-7-5-13(20)6-8-14/h3-10H,2,11H2,1H3. The number of hydrogen-bond donors (Lipinski definition) is 0. The third-order valence-corrected chi connectivity index (χ3v) is 4.33. The molecule has 2 amide bonds. The number of carbonyl (C=O) groups is 2. The van der Waals surface area contributed by atoms with E-state index in [4.69, 9.17) is 27.9 Å². The second kappa shape index (κ2) is 7.30. The van der Waals surface area contributed by atoms with Crippen molar-refractivity contribution in [2.75, 3.05) is 11.5 Å².